The highest BCUT2D eigenvalue weighted by atomic mass is 16.3. The Balaban J connectivity index is 2.54. The molecule has 0 bridgehead atoms. The van der Waals surface area contributed by atoms with Gasteiger partial charge in [0.2, 0.25) is 0 Å². The Morgan fingerprint density at radius 1 is 1.71 bits per heavy atom. The first-order valence-corrected chi connectivity index (χ1v) is 4.69. The van der Waals surface area contributed by atoms with E-state index in [-0.39, 0.29) is 6.61 Å². The highest BCUT2D eigenvalue weighted by Gasteiger charge is 2.05. The Kier molecular flexibility index (Phi) is 4.35. The third-order valence-electron chi connectivity index (χ3n) is 2.11. The molecule has 0 aliphatic carbocycles. The van der Waals surface area contributed by atoms with Gasteiger partial charge in [-0.25, -0.2) is 0 Å². The minimum atomic E-state index is 0.172. The van der Waals surface area contributed by atoms with Gasteiger partial charge in [0.15, 0.2) is 0 Å². The largest absolute Gasteiger partial charge is 0.395 e. The van der Waals surface area contributed by atoms with E-state index in [9.17, 15) is 0 Å². The number of aliphatic hydroxyl groups excluding tert-OH is 1. The lowest BCUT2D eigenvalue weighted by Gasteiger charge is -2.19. The molecule has 1 aromatic rings. The first-order valence-electron chi connectivity index (χ1n) is 4.69. The van der Waals surface area contributed by atoms with E-state index >= 15 is 0 Å². The van der Waals surface area contributed by atoms with Crippen molar-refractivity contribution >= 4 is 0 Å². The molecule has 0 saturated heterocycles. The van der Waals surface area contributed by atoms with Crippen LogP contribution in [0, 0.1) is 0 Å². The molecule has 0 spiro atoms. The summed E-state index contributed by atoms with van der Waals surface area (Å²) in [5.74, 6) is 0. The van der Waals surface area contributed by atoms with Crippen molar-refractivity contribution in [3.05, 3.63) is 30.6 Å². The zero-order chi connectivity index (χ0) is 10.4. The molecule has 0 atom stereocenters. The summed E-state index contributed by atoms with van der Waals surface area (Å²) in [6, 6.07) is 1.98. The van der Waals surface area contributed by atoms with Crippen molar-refractivity contribution in [1.82, 2.24) is 14.7 Å². The molecule has 4 heteroatoms. The van der Waals surface area contributed by atoms with Gasteiger partial charge < -0.3 is 5.11 Å². The number of aryl methyl sites for hydroxylation is 1. The van der Waals surface area contributed by atoms with Crippen molar-refractivity contribution in [3.8, 4) is 0 Å². The van der Waals surface area contributed by atoms with Crippen molar-refractivity contribution in [2.45, 2.75) is 6.54 Å². The van der Waals surface area contributed by atoms with E-state index in [2.05, 4.69) is 16.6 Å². The highest BCUT2D eigenvalue weighted by molar-refractivity contribution is 5.00. The number of aliphatic hydroxyl groups is 1. The van der Waals surface area contributed by atoms with Crippen molar-refractivity contribution in [3.63, 3.8) is 0 Å². The predicted molar refractivity (Wildman–Crippen MR) is 55.8 cm³/mol. The minimum absolute atomic E-state index is 0.172. The topological polar surface area (TPSA) is 41.3 Å². The number of nitrogens with zero attached hydrogens (tertiary/aromatic N) is 3. The van der Waals surface area contributed by atoms with Crippen LogP contribution in [-0.2, 0) is 13.6 Å². The summed E-state index contributed by atoms with van der Waals surface area (Å²) in [6.45, 7) is 6.10. The van der Waals surface area contributed by atoms with E-state index in [1.54, 1.807) is 6.20 Å². The van der Waals surface area contributed by atoms with Crippen molar-refractivity contribution in [2.24, 2.45) is 7.05 Å². The van der Waals surface area contributed by atoms with Crippen LogP contribution in [0.2, 0.25) is 0 Å². The monoisotopic (exact) mass is 195 g/mol. The lowest BCUT2D eigenvalue weighted by atomic mass is 10.3. The SMILES string of the molecule is C=CCN(CCO)Cc1ccnn1C. The molecule has 0 amide bonds. The van der Waals surface area contributed by atoms with Crippen LogP contribution in [0.4, 0.5) is 0 Å². The van der Waals surface area contributed by atoms with Gasteiger partial charge in [-0.3, -0.25) is 9.58 Å². The van der Waals surface area contributed by atoms with Gasteiger partial charge in [-0.15, -0.1) is 6.58 Å². The van der Waals surface area contributed by atoms with Gasteiger partial charge >= 0.3 is 0 Å². The van der Waals surface area contributed by atoms with E-state index in [0.717, 1.165) is 18.8 Å². The zero-order valence-corrected chi connectivity index (χ0v) is 8.56. The lowest BCUT2D eigenvalue weighted by molar-refractivity contribution is 0.200. The maximum atomic E-state index is 8.86. The van der Waals surface area contributed by atoms with E-state index in [0.29, 0.717) is 6.54 Å². The summed E-state index contributed by atoms with van der Waals surface area (Å²) >= 11 is 0. The molecular weight excluding hydrogens is 178 g/mol. The van der Waals surface area contributed by atoms with Crippen molar-refractivity contribution in [2.75, 3.05) is 19.7 Å². The molecule has 0 aliphatic rings. The van der Waals surface area contributed by atoms with Crippen LogP contribution in [0.3, 0.4) is 0 Å². The first kappa shape index (κ1) is 10.9. The standard InChI is InChI=1S/C10H17N3O/c1-3-6-13(7-8-14)9-10-4-5-11-12(10)2/h3-5,14H,1,6-9H2,2H3. The summed E-state index contributed by atoms with van der Waals surface area (Å²) in [6.07, 6.45) is 3.62. The molecule has 1 rings (SSSR count). The quantitative estimate of drug-likeness (QED) is 0.668. The average molecular weight is 195 g/mol. The molecule has 0 aromatic carbocycles. The van der Waals surface area contributed by atoms with Crippen LogP contribution in [-0.4, -0.2) is 39.5 Å². The molecule has 78 valence electrons. The molecule has 1 aromatic heterocycles. The molecule has 0 unspecified atom stereocenters. The third-order valence-corrected chi connectivity index (χ3v) is 2.11. The normalized spacial score (nSPS) is 10.8. The maximum absolute atomic E-state index is 8.86. The Morgan fingerprint density at radius 2 is 2.50 bits per heavy atom. The molecule has 0 fully saturated rings. The molecular formula is C10H17N3O. The molecule has 0 saturated carbocycles. The molecule has 14 heavy (non-hydrogen) atoms. The van der Waals surface area contributed by atoms with Crippen LogP contribution in [0.5, 0.6) is 0 Å². The van der Waals surface area contributed by atoms with Gasteiger partial charge in [-0.2, -0.15) is 5.10 Å². The average Bonchev–Trinajstić information content (AvgIpc) is 2.53. The molecule has 1 N–H and O–H groups in total. The second-order valence-corrected chi connectivity index (χ2v) is 3.19. The summed E-state index contributed by atoms with van der Waals surface area (Å²) in [7, 11) is 1.92. The van der Waals surface area contributed by atoms with Gasteiger partial charge in [0.05, 0.1) is 12.3 Å². The second kappa shape index (κ2) is 5.57. The van der Waals surface area contributed by atoms with Gasteiger partial charge in [-0.05, 0) is 6.07 Å². The van der Waals surface area contributed by atoms with Crippen LogP contribution < -0.4 is 0 Å². The van der Waals surface area contributed by atoms with Gasteiger partial charge in [-0.1, -0.05) is 6.08 Å². The Morgan fingerprint density at radius 3 is 3.00 bits per heavy atom. The Bertz CT molecular complexity index is 283. The fraction of sp³-hybridized carbons (Fsp3) is 0.500. The van der Waals surface area contributed by atoms with E-state index < -0.39 is 0 Å². The number of hydrogen-bond acceptors (Lipinski definition) is 3. The molecule has 0 radical (unpaired) electrons. The second-order valence-electron chi connectivity index (χ2n) is 3.19. The molecule has 1 heterocycles. The van der Waals surface area contributed by atoms with Gasteiger partial charge in [0.25, 0.3) is 0 Å². The predicted octanol–water partition coefficient (Wildman–Crippen LogP) is 0.400. The summed E-state index contributed by atoms with van der Waals surface area (Å²) in [5, 5.41) is 13.0. The lowest BCUT2D eigenvalue weighted by Crippen LogP contribution is -2.27. The third kappa shape index (κ3) is 2.97. The van der Waals surface area contributed by atoms with Crippen LogP contribution >= 0.6 is 0 Å². The number of rotatable bonds is 6. The number of aromatic nitrogens is 2. The van der Waals surface area contributed by atoms with E-state index in [4.69, 9.17) is 5.11 Å². The Labute approximate surface area is 84.5 Å². The van der Waals surface area contributed by atoms with Crippen molar-refractivity contribution in [1.29, 1.82) is 0 Å². The Hall–Kier alpha value is -1.13. The maximum Gasteiger partial charge on any atom is 0.0558 e. The van der Waals surface area contributed by atoms with Gasteiger partial charge in [0.1, 0.15) is 0 Å². The van der Waals surface area contributed by atoms with Crippen LogP contribution in [0.1, 0.15) is 5.69 Å². The van der Waals surface area contributed by atoms with Gasteiger partial charge in [0, 0.05) is 32.9 Å². The molecule has 0 aliphatic heterocycles. The molecule has 4 nitrogen and oxygen atoms in total. The highest BCUT2D eigenvalue weighted by Crippen LogP contribution is 2.02. The fourth-order valence-corrected chi connectivity index (χ4v) is 1.34. The van der Waals surface area contributed by atoms with E-state index in [1.807, 2.05) is 23.9 Å². The summed E-state index contributed by atoms with van der Waals surface area (Å²) in [4.78, 5) is 2.12. The van der Waals surface area contributed by atoms with E-state index in [1.165, 1.54) is 0 Å². The summed E-state index contributed by atoms with van der Waals surface area (Å²) < 4.78 is 1.84. The number of hydrogen-bond donors (Lipinski definition) is 1. The smallest absolute Gasteiger partial charge is 0.0558 e. The fourth-order valence-electron chi connectivity index (χ4n) is 1.34. The van der Waals surface area contributed by atoms with Crippen LogP contribution in [0.15, 0.2) is 24.9 Å². The van der Waals surface area contributed by atoms with Crippen molar-refractivity contribution < 1.29 is 5.11 Å². The first-order chi connectivity index (χ1) is 6.77. The zero-order valence-electron chi connectivity index (χ0n) is 8.56. The van der Waals surface area contributed by atoms with Crippen LogP contribution in [0.25, 0.3) is 0 Å². The summed E-state index contributed by atoms with van der Waals surface area (Å²) in [5.41, 5.74) is 1.14. The minimum Gasteiger partial charge on any atom is -0.395 e.